The second kappa shape index (κ2) is 4.89. The van der Waals surface area contributed by atoms with Gasteiger partial charge in [-0.15, -0.1) is 0 Å². The lowest BCUT2D eigenvalue weighted by molar-refractivity contribution is 0.0691. The van der Waals surface area contributed by atoms with E-state index in [-0.39, 0.29) is 5.56 Å². The molecule has 0 aromatic heterocycles. The van der Waals surface area contributed by atoms with E-state index in [1.54, 1.807) is 6.07 Å². The van der Waals surface area contributed by atoms with Crippen molar-refractivity contribution in [3.8, 4) is 0 Å². The summed E-state index contributed by atoms with van der Waals surface area (Å²) in [5.74, 6) is -1.94. The van der Waals surface area contributed by atoms with Crippen LogP contribution in [0.5, 0.6) is 0 Å². The number of carbonyl (C=O) groups is 1. The number of carboxylic acid groups (broad SMARTS) is 1. The van der Waals surface area contributed by atoms with Gasteiger partial charge in [0.1, 0.15) is 5.82 Å². The number of hydrogen-bond donors (Lipinski definition) is 2. The standard InChI is InChI=1S/C11H14FNO2/c1-7(2)13-6-8-3-4-10(12)9(5-8)11(14)15/h3-5,7,13H,6H2,1-2H3,(H,14,15). The van der Waals surface area contributed by atoms with Gasteiger partial charge in [-0.05, 0) is 17.7 Å². The zero-order valence-corrected chi connectivity index (χ0v) is 8.75. The summed E-state index contributed by atoms with van der Waals surface area (Å²) >= 11 is 0. The zero-order valence-electron chi connectivity index (χ0n) is 8.75. The molecular weight excluding hydrogens is 197 g/mol. The minimum atomic E-state index is -1.24. The summed E-state index contributed by atoms with van der Waals surface area (Å²) in [6, 6.07) is 4.42. The Labute approximate surface area is 87.9 Å². The van der Waals surface area contributed by atoms with E-state index in [0.29, 0.717) is 12.6 Å². The minimum absolute atomic E-state index is 0.280. The van der Waals surface area contributed by atoms with Gasteiger partial charge in [0.2, 0.25) is 0 Å². The molecule has 0 heterocycles. The lowest BCUT2D eigenvalue weighted by Gasteiger charge is -2.08. The van der Waals surface area contributed by atoms with Crippen LogP contribution in [-0.4, -0.2) is 17.1 Å². The van der Waals surface area contributed by atoms with Gasteiger partial charge in [-0.2, -0.15) is 0 Å². The number of carboxylic acids is 1. The van der Waals surface area contributed by atoms with Gasteiger partial charge in [0, 0.05) is 12.6 Å². The smallest absolute Gasteiger partial charge is 0.338 e. The van der Waals surface area contributed by atoms with Crippen molar-refractivity contribution in [2.24, 2.45) is 0 Å². The molecule has 1 aromatic carbocycles. The van der Waals surface area contributed by atoms with E-state index in [1.165, 1.54) is 12.1 Å². The largest absolute Gasteiger partial charge is 0.478 e. The van der Waals surface area contributed by atoms with Crippen molar-refractivity contribution in [3.63, 3.8) is 0 Å². The van der Waals surface area contributed by atoms with Gasteiger partial charge in [-0.1, -0.05) is 19.9 Å². The Morgan fingerprint density at radius 2 is 2.20 bits per heavy atom. The van der Waals surface area contributed by atoms with E-state index in [9.17, 15) is 9.18 Å². The average molecular weight is 211 g/mol. The summed E-state index contributed by atoms with van der Waals surface area (Å²) < 4.78 is 13.0. The van der Waals surface area contributed by atoms with Crippen molar-refractivity contribution in [2.75, 3.05) is 0 Å². The van der Waals surface area contributed by atoms with Gasteiger partial charge in [0.25, 0.3) is 0 Å². The molecule has 0 saturated heterocycles. The molecule has 1 rings (SSSR count). The monoisotopic (exact) mass is 211 g/mol. The lowest BCUT2D eigenvalue weighted by atomic mass is 10.1. The van der Waals surface area contributed by atoms with Gasteiger partial charge >= 0.3 is 5.97 Å². The van der Waals surface area contributed by atoms with Crippen molar-refractivity contribution in [1.29, 1.82) is 0 Å². The Morgan fingerprint density at radius 3 is 2.73 bits per heavy atom. The third-order valence-corrected chi connectivity index (χ3v) is 1.98. The topological polar surface area (TPSA) is 49.3 Å². The van der Waals surface area contributed by atoms with Crippen molar-refractivity contribution >= 4 is 5.97 Å². The third kappa shape index (κ3) is 3.32. The lowest BCUT2D eigenvalue weighted by Crippen LogP contribution is -2.22. The first-order chi connectivity index (χ1) is 7.00. The van der Waals surface area contributed by atoms with E-state index in [0.717, 1.165) is 5.56 Å². The summed E-state index contributed by atoms with van der Waals surface area (Å²) in [5.41, 5.74) is 0.487. The molecule has 0 spiro atoms. The molecule has 82 valence electrons. The number of aromatic carboxylic acids is 1. The molecule has 0 amide bonds. The van der Waals surface area contributed by atoms with Crippen molar-refractivity contribution in [2.45, 2.75) is 26.4 Å². The molecule has 1 aromatic rings. The van der Waals surface area contributed by atoms with Gasteiger partial charge in [-0.3, -0.25) is 0 Å². The first-order valence-electron chi connectivity index (χ1n) is 4.76. The Bertz CT molecular complexity index is 364. The van der Waals surface area contributed by atoms with E-state index >= 15 is 0 Å². The van der Waals surface area contributed by atoms with Crippen molar-refractivity contribution in [3.05, 3.63) is 35.1 Å². The molecule has 0 aliphatic carbocycles. The Balaban J connectivity index is 2.83. The molecule has 0 atom stereocenters. The molecule has 0 aliphatic heterocycles. The molecule has 0 bridgehead atoms. The van der Waals surface area contributed by atoms with Gasteiger partial charge in [0.15, 0.2) is 0 Å². The van der Waals surface area contributed by atoms with Gasteiger partial charge in [0.05, 0.1) is 5.56 Å². The summed E-state index contributed by atoms with van der Waals surface area (Å²) in [5, 5.41) is 11.8. The summed E-state index contributed by atoms with van der Waals surface area (Å²) in [4.78, 5) is 10.7. The van der Waals surface area contributed by atoms with Crippen LogP contribution < -0.4 is 5.32 Å². The Hall–Kier alpha value is -1.42. The minimum Gasteiger partial charge on any atom is -0.478 e. The molecule has 4 heteroatoms. The molecule has 0 aliphatic rings. The second-order valence-corrected chi connectivity index (χ2v) is 3.65. The van der Waals surface area contributed by atoms with E-state index < -0.39 is 11.8 Å². The molecule has 0 unspecified atom stereocenters. The number of halogens is 1. The van der Waals surface area contributed by atoms with E-state index in [1.807, 2.05) is 13.8 Å². The molecule has 2 N–H and O–H groups in total. The highest BCUT2D eigenvalue weighted by molar-refractivity contribution is 5.88. The predicted molar refractivity (Wildman–Crippen MR) is 55.3 cm³/mol. The maximum absolute atomic E-state index is 13.0. The fraction of sp³-hybridized carbons (Fsp3) is 0.364. The Morgan fingerprint density at radius 1 is 1.53 bits per heavy atom. The van der Waals surface area contributed by atoms with E-state index in [4.69, 9.17) is 5.11 Å². The zero-order chi connectivity index (χ0) is 11.4. The van der Waals surface area contributed by atoms with Crippen molar-refractivity contribution < 1.29 is 14.3 Å². The van der Waals surface area contributed by atoms with Crippen LogP contribution in [0.25, 0.3) is 0 Å². The van der Waals surface area contributed by atoms with Crippen LogP contribution in [-0.2, 0) is 6.54 Å². The molecule has 15 heavy (non-hydrogen) atoms. The normalized spacial score (nSPS) is 10.7. The average Bonchev–Trinajstić information content (AvgIpc) is 2.16. The maximum atomic E-state index is 13.0. The summed E-state index contributed by atoms with van der Waals surface area (Å²) in [7, 11) is 0. The van der Waals surface area contributed by atoms with Crippen LogP contribution in [0.2, 0.25) is 0 Å². The molecule has 0 radical (unpaired) electrons. The molecule has 0 fully saturated rings. The summed E-state index contributed by atoms with van der Waals surface area (Å²) in [6.07, 6.45) is 0. The van der Waals surface area contributed by atoms with Gasteiger partial charge < -0.3 is 10.4 Å². The highest BCUT2D eigenvalue weighted by Gasteiger charge is 2.10. The fourth-order valence-electron chi connectivity index (χ4n) is 1.17. The second-order valence-electron chi connectivity index (χ2n) is 3.65. The van der Waals surface area contributed by atoms with Crippen LogP contribution in [0.15, 0.2) is 18.2 Å². The van der Waals surface area contributed by atoms with Gasteiger partial charge in [-0.25, -0.2) is 9.18 Å². The predicted octanol–water partition coefficient (Wildman–Crippen LogP) is 2.02. The Kier molecular flexibility index (Phi) is 3.80. The van der Waals surface area contributed by atoms with Crippen LogP contribution in [0, 0.1) is 5.82 Å². The van der Waals surface area contributed by atoms with Crippen LogP contribution in [0.1, 0.15) is 29.8 Å². The first-order valence-corrected chi connectivity index (χ1v) is 4.76. The molecule has 3 nitrogen and oxygen atoms in total. The SMILES string of the molecule is CC(C)NCc1ccc(F)c(C(=O)O)c1. The van der Waals surface area contributed by atoms with Crippen LogP contribution in [0.4, 0.5) is 4.39 Å². The number of hydrogen-bond acceptors (Lipinski definition) is 2. The first kappa shape index (κ1) is 11.7. The highest BCUT2D eigenvalue weighted by atomic mass is 19.1. The maximum Gasteiger partial charge on any atom is 0.338 e. The fourth-order valence-corrected chi connectivity index (χ4v) is 1.17. The van der Waals surface area contributed by atoms with Crippen LogP contribution in [0.3, 0.4) is 0 Å². The highest BCUT2D eigenvalue weighted by Crippen LogP contribution is 2.10. The van der Waals surface area contributed by atoms with Crippen LogP contribution >= 0.6 is 0 Å². The third-order valence-electron chi connectivity index (χ3n) is 1.98. The number of nitrogens with one attached hydrogen (secondary N) is 1. The quantitative estimate of drug-likeness (QED) is 0.801. The number of rotatable bonds is 4. The molecule has 0 saturated carbocycles. The van der Waals surface area contributed by atoms with Crippen molar-refractivity contribution in [1.82, 2.24) is 5.32 Å². The molecular formula is C11H14FNO2. The summed E-state index contributed by atoms with van der Waals surface area (Å²) in [6.45, 7) is 4.52. The van der Waals surface area contributed by atoms with E-state index in [2.05, 4.69) is 5.32 Å². The number of benzene rings is 1.